The Labute approximate surface area is 148 Å². The molecule has 0 radical (unpaired) electrons. The predicted octanol–water partition coefficient (Wildman–Crippen LogP) is 2.53. The van der Waals surface area contributed by atoms with E-state index in [1.807, 2.05) is 0 Å². The number of nitrogens with zero attached hydrogens (tertiary/aromatic N) is 2. The van der Waals surface area contributed by atoms with E-state index in [1.165, 1.54) is 38.4 Å². The van der Waals surface area contributed by atoms with Crippen molar-refractivity contribution in [1.82, 2.24) is 9.29 Å². The van der Waals surface area contributed by atoms with E-state index < -0.39 is 27.7 Å². The van der Waals surface area contributed by atoms with Gasteiger partial charge in [-0.2, -0.15) is 13.2 Å². The Hall–Kier alpha value is -2.46. The first kappa shape index (κ1) is 19.9. The van der Waals surface area contributed by atoms with Crippen LogP contribution < -0.4 is 5.32 Å². The van der Waals surface area contributed by atoms with E-state index in [0.29, 0.717) is 5.56 Å². The fourth-order valence-corrected chi connectivity index (χ4v) is 2.85. The van der Waals surface area contributed by atoms with Gasteiger partial charge in [-0.15, -0.1) is 0 Å². The first-order valence-electron chi connectivity index (χ1n) is 7.35. The maximum Gasteiger partial charge on any atom is 0.416 e. The van der Waals surface area contributed by atoms with Gasteiger partial charge in [-0.25, -0.2) is 17.7 Å². The van der Waals surface area contributed by atoms with E-state index in [1.54, 1.807) is 0 Å². The Morgan fingerprint density at radius 3 is 2.19 bits per heavy atom. The van der Waals surface area contributed by atoms with Crippen molar-refractivity contribution < 1.29 is 26.4 Å². The standard InChI is InChI=1S/C16H16F3N3O3S/c1-22(2)26(24,25)13-7-8-14(20-10-13)21-15(23)9-11-3-5-12(6-4-11)16(17,18)19/h3-8,10H,9H2,1-2H3,(H,20,21,23). The molecule has 1 heterocycles. The lowest BCUT2D eigenvalue weighted by molar-refractivity contribution is -0.137. The molecule has 0 saturated heterocycles. The molecule has 2 rings (SSSR count). The van der Waals surface area contributed by atoms with E-state index in [4.69, 9.17) is 0 Å². The molecule has 10 heteroatoms. The van der Waals surface area contributed by atoms with Crippen molar-refractivity contribution in [3.63, 3.8) is 0 Å². The first-order valence-corrected chi connectivity index (χ1v) is 8.79. The number of benzene rings is 1. The molecule has 0 fully saturated rings. The lowest BCUT2D eigenvalue weighted by Gasteiger charge is -2.11. The molecule has 0 atom stereocenters. The summed E-state index contributed by atoms with van der Waals surface area (Å²) in [6.07, 6.45) is -3.46. The van der Waals surface area contributed by atoms with Crippen molar-refractivity contribution in [2.75, 3.05) is 19.4 Å². The third kappa shape index (κ3) is 4.79. The first-order chi connectivity index (χ1) is 12.0. The van der Waals surface area contributed by atoms with Crippen LogP contribution in [0.25, 0.3) is 0 Å². The zero-order valence-electron chi connectivity index (χ0n) is 13.9. The molecule has 1 aromatic carbocycles. The van der Waals surface area contributed by atoms with Crippen LogP contribution >= 0.6 is 0 Å². The van der Waals surface area contributed by atoms with Crippen LogP contribution in [0.4, 0.5) is 19.0 Å². The van der Waals surface area contributed by atoms with E-state index in [2.05, 4.69) is 10.3 Å². The number of carbonyl (C=O) groups is 1. The van der Waals surface area contributed by atoms with Crippen molar-refractivity contribution in [1.29, 1.82) is 0 Å². The average molecular weight is 387 g/mol. The van der Waals surface area contributed by atoms with E-state index in [-0.39, 0.29) is 17.1 Å². The minimum Gasteiger partial charge on any atom is -0.310 e. The molecule has 0 unspecified atom stereocenters. The Balaban J connectivity index is 2.02. The summed E-state index contributed by atoms with van der Waals surface area (Å²) in [6, 6.07) is 6.89. The fourth-order valence-electron chi connectivity index (χ4n) is 2.00. The Morgan fingerprint density at radius 2 is 1.73 bits per heavy atom. The normalized spacial score (nSPS) is 12.2. The molecule has 0 aliphatic rings. The summed E-state index contributed by atoms with van der Waals surface area (Å²) in [5, 5.41) is 2.46. The van der Waals surface area contributed by atoms with Crippen LogP contribution in [0.1, 0.15) is 11.1 Å². The monoisotopic (exact) mass is 387 g/mol. The third-order valence-electron chi connectivity index (χ3n) is 3.43. The van der Waals surface area contributed by atoms with Gasteiger partial charge in [-0.3, -0.25) is 4.79 Å². The molecule has 140 valence electrons. The topological polar surface area (TPSA) is 79.4 Å². The number of rotatable bonds is 5. The highest BCUT2D eigenvalue weighted by molar-refractivity contribution is 7.89. The van der Waals surface area contributed by atoms with Crippen LogP contribution in [0.2, 0.25) is 0 Å². The van der Waals surface area contributed by atoms with Gasteiger partial charge in [0, 0.05) is 20.3 Å². The number of nitrogens with one attached hydrogen (secondary N) is 1. The Morgan fingerprint density at radius 1 is 1.12 bits per heavy atom. The average Bonchev–Trinajstić information content (AvgIpc) is 2.54. The number of amides is 1. The van der Waals surface area contributed by atoms with Crippen molar-refractivity contribution >= 4 is 21.7 Å². The summed E-state index contributed by atoms with van der Waals surface area (Å²) in [5.74, 6) is -0.347. The highest BCUT2D eigenvalue weighted by Gasteiger charge is 2.30. The molecular weight excluding hydrogens is 371 g/mol. The summed E-state index contributed by atoms with van der Waals surface area (Å²) in [7, 11) is -0.853. The summed E-state index contributed by atoms with van der Waals surface area (Å²) in [6.45, 7) is 0. The number of carbonyl (C=O) groups excluding carboxylic acids is 1. The zero-order chi connectivity index (χ0) is 19.5. The van der Waals surface area contributed by atoms with Gasteiger partial charge in [-0.1, -0.05) is 12.1 Å². The van der Waals surface area contributed by atoms with Gasteiger partial charge in [0.05, 0.1) is 12.0 Å². The van der Waals surface area contributed by atoms with Gasteiger partial charge in [0.1, 0.15) is 10.7 Å². The second-order valence-corrected chi connectivity index (χ2v) is 7.74. The highest BCUT2D eigenvalue weighted by atomic mass is 32.2. The Kier molecular flexibility index (Phi) is 5.67. The van der Waals surface area contributed by atoms with Gasteiger partial charge in [0.15, 0.2) is 0 Å². The van der Waals surface area contributed by atoms with Gasteiger partial charge >= 0.3 is 6.18 Å². The van der Waals surface area contributed by atoms with Crippen LogP contribution in [0.5, 0.6) is 0 Å². The molecule has 0 bridgehead atoms. The number of pyridine rings is 1. The SMILES string of the molecule is CN(C)S(=O)(=O)c1ccc(NC(=O)Cc2ccc(C(F)(F)F)cc2)nc1. The van der Waals surface area contributed by atoms with Crippen molar-refractivity contribution in [3.05, 3.63) is 53.7 Å². The van der Waals surface area contributed by atoms with Crippen molar-refractivity contribution in [2.24, 2.45) is 0 Å². The molecule has 0 saturated carbocycles. The maximum atomic E-state index is 12.5. The number of halogens is 3. The fraction of sp³-hybridized carbons (Fsp3) is 0.250. The van der Waals surface area contributed by atoms with Gasteiger partial charge in [-0.05, 0) is 29.8 Å². The number of alkyl halides is 3. The second-order valence-electron chi connectivity index (χ2n) is 5.59. The minimum absolute atomic E-state index is 0.0248. The molecule has 1 aromatic heterocycles. The number of sulfonamides is 1. The third-order valence-corrected chi connectivity index (χ3v) is 5.23. The van der Waals surface area contributed by atoms with E-state index in [9.17, 15) is 26.4 Å². The lowest BCUT2D eigenvalue weighted by Crippen LogP contribution is -2.22. The minimum atomic E-state index is -4.43. The molecule has 0 spiro atoms. The maximum absolute atomic E-state index is 12.5. The number of anilines is 1. The molecule has 0 aliphatic heterocycles. The van der Waals surface area contributed by atoms with Crippen molar-refractivity contribution in [2.45, 2.75) is 17.5 Å². The Bertz CT molecular complexity index is 878. The number of hydrogen-bond donors (Lipinski definition) is 1. The molecule has 1 amide bonds. The molecule has 6 nitrogen and oxygen atoms in total. The summed E-state index contributed by atoms with van der Waals surface area (Å²) in [5.41, 5.74) is -0.386. The largest absolute Gasteiger partial charge is 0.416 e. The van der Waals surface area contributed by atoms with Crippen LogP contribution in [-0.2, 0) is 27.4 Å². The summed E-state index contributed by atoms with van der Waals surface area (Å²) < 4.78 is 62.4. The zero-order valence-corrected chi connectivity index (χ0v) is 14.7. The molecule has 26 heavy (non-hydrogen) atoms. The van der Waals surface area contributed by atoms with Crippen LogP contribution in [0, 0.1) is 0 Å². The van der Waals surface area contributed by atoms with Crippen LogP contribution in [0.3, 0.4) is 0 Å². The summed E-state index contributed by atoms with van der Waals surface area (Å²) in [4.78, 5) is 15.8. The van der Waals surface area contributed by atoms with Crippen molar-refractivity contribution in [3.8, 4) is 0 Å². The predicted molar refractivity (Wildman–Crippen MR) is 88.9 cm³/mol. The molecule has 0 aliphatic carbocycles. The van der Waals surface area contributed by atoms with E-state index >= 15 is 0 Å². The smallest absolute Gasteiger partial charge is 0.310 e. The van der Waals surface area contributed by atoms with E-state index in [0.717, 1.165) is 22.6 Å². The quantitative estimate of drug-likeness (QED) is 0.855. The summed E-state index contributed by atoms with van der Waals surface area (Å²) >= 11 is 0. The van der Waals surface area contributed by atoms with Crippen LogP contribution in [-0.4, -0.2) is 37.7 Å². The van der Waals surface area contributed by atoms with Gasteiger partial charge in [0.2, 0.25) is 15.9 Å². The molecule has 1 N–H and O–H groups in total. The lowest BCUT2D eigenvalue weighted by atomic mass is 10.1. The molecular formula is C16H16F3N3O3S. The van der Waals surface area contributed by atoms with Crippen LogP contribution in [0.15, 0.2) is 47.5 Å². The van der Waals surface area contributed by atoms with Gasteiger partial charge < -0.3 is 5.32 Å². The van der Waals surface area contributed by atoms with Gasteiger partial charge in [0.25, 0.3) is 0 Å². The molecule has 2 aromatic rings. The highest BCUT2D eigenvalue weighted by Crippen LogP contribution is 2.29. The number of aromatic nitrogens is 1. The number of hydrogen-bond acceptors (Lipinski definition) is 4. The second kappa shape index (κ2) is 7.42.